The van der Waals surface area contributed by atoms with Crippen LogP contribution < -0.4 is 16.0 Å². The van der Waals surface area contributed by atoms with E-state index in [2.05, 4.69) is 46.9 Å². The molecule has 1 aliphatic heterocycles. The number of hydrogen-bond donors (Lipinski definition) is 2. The Kier molecular flexibility index (Phi) is 5.16. The summed E-state index contributed by atoms with van der Waals surface area (Å²) < 4.78 is 2.30. The van der Waals surface area contributed by atoms with Crippen molar-refractivity contribution < 1.29 is 0 Å². The number of aryl methyl sites for hydroxylation is 1. The molecule has 0 radical (unpaired) electrons. The molecule has 3 heterocycles. The monoisotopic (exact) mass is 423 g/mol. The first-order chi connectivity index (χ1) is 14.7. The van der Waals surface area contributed by atoms with Gasteiger partial charge in [-0.1, -0.05) is 29.5 Å². The third-order valence-corrected chi connectivity index (χ3v) is 6.22. The average Bonchev–Trinajstić information content (AvgIpc) is 3.24. The summed E-state index contributed by atoms with van der Waals surface area (Å²) in [5.74, 6) is 2.84. The number of nitrogens with zero attached hydrogens (tertiary/aromatic N) is 7. The highest BCUT2D eigenvalue weighted by Crippen LogP contribution is 2.41. The number of nitrogen functional groups attached to an aromatic ring is 1. The Bertz CT molecular complexity index is 1020. The van der Waals surface area contributed by atoms with E-state index < -0.39 is 0 Å². The van der Waals surface area contributed by atoms with Gasteiger partial charge in [0.2, 0.25) is 17.8 Å². The molecule has 3 aromatic rings. The molecule has 0 bridgehead atoms. The Morgan fingerprint density at radius 2 is 1.83 bits per heavy atom. The molecule has 156 valence electrons. The van der Waals surface area contributed by atoms with Crippen LogP contribution in [0.15, 0.2) is 29.4 Å². The van der Waals surface area contributed by atoms with Crippen LogP contribution >= 0.6 is 11.8 Å². The van der Waals surface area contributed by atoms with Crippen molar-refractivity contribution in [3.05, 3.63) is 35.7 Å². The molecule has 5 rings (SSSR count). The van der Waals surface area contributed by atoms with Gasteiger partial charge in [0.1, 0.15) is 5.82 Å². The van der Waals surface area contributed by atoms with Gasteiger partial charge in [-0.25, -0.2) is 0 Å². The maximum absolute atomic E-state index is 5.93. The Morgan fingerprint density at radius 1 is 1.07 bits per heavy atom. The van der Waals surface area contributed by atoms with Gasteiger partial charge in [0.15, 0.2) is 5.16 Å². The van der Waals surface area contributed by atoms with E-state index in [1.54, 1.807) is 11.8 Å². The van der Waals surface area contributed by atoms with Crippen molar-refractivity contribution in [3.8, 4) is 0 Å². The van der Waals surface area contributed by atoms with Gasteiger partial charge < -0.3 is 16.0 Å². The van der Waals surface area contributed by atoms with Gasteiger partial charge in [-0.3, -0.25) is 4.57 Å². The zero-order valence-electron chi connectivity index (χ0n) is 17.0. The van der Waals surface area contributed by atoms with Gasteiger partial charge in [-0.15, -0.1) is 10.2 Å². The number of nitrogens with two attached hydrogens (primary N) is 1. The molecule has 2 aromatic heterocycles. The molecule has 1 aliphatic carbocycles. The van der Waals surface area contributed by atoms with Crippen LogP contribution in [0.5, 0.6) is 0 Å². The van der Waals surface area contributed by atoms with Crippen LogP contribution in [-0.4, -0.2) is 42.8 Å². The summed E-state index contributed by atoms with van der Waals surface area (Å²) in [6, 6.07) is 8.56. The van der Waals surface area contributed by atoms with Crippen molar-refractivity contribution in [2.75, 3.05) is 29.0 Å². The van der Waals surface area contributed by atoms with Gasteiger partial charge >= 0.3 is 0 Å². The molecule has 2 fully saturated rings. The second-order valence-corrected chi connectivity index (χ2v) is 8.73. The number of nitrogens with one attached hydrogen (secondary N) is 1. The summed E-state index contributed by atoms with van der Waals surface area (Å²) in [5, 5.41) is 13.1. The highest BCUT2D eigenvalue weighted by molar-refractivity contribution is 7.98. The van der Waals surface area contributed by atoms with Gasteiger partial charge in [-0.2, -0.15) is 15.0 Å². The number of aromatic nitrogens is 6. The van der Waals surface area contributed by atoms with Crippen LogP contribution in [0.25, 0.3) is 0 Å². The third-order valence-electron chi connectivity index (χ3n) is 5.28. The lowest BCUT2D eigenvalue weighted by atomic mass is 10.2. The summed E-state index contributed by atoms with van der Waals surface area (Å²) in [4.78, 5) is 15.4. The van der Waals surface area contributed by atoms with Crippen molar-refractivity contribution in [1.82, 2.24) is 29.7 Å². The SMILES string of the molecule is Cc1ccc(Nc2nc(N)nc(CSc3nnc(N4CCCC4)n3C3CC3)n2)cc1. The summed E-state index contributed by atoms with van der Waals surface area (Å²) in [6.45, 7) is 4.18. The second-order valence-electron chi connectivity index (χ2n) is 7.79. The summed E-state index contributed by atoms with van der Waals surface area (Å²) in [5.41, 5.74) is 8.04. The molecular weight excluding hydrogens is 398 g/mol. The van der Waals surface area contributed by atoms with Crippen LogP contribution in [-0.2, 0) is 5.75 Å². The third kappa shape index (κ3) is 4.18. The normalized spacial score (nSPS) is 16.2. The molecule has 0 unspecified atom stereocenters. The molecule has 2 aliphatic rings. The summed E-state index contributed by atoms with van der Waals surface area (Å²) >= 11 is 1.60. The highest BCUT2D eigenvalue weighted by atomic mass is 32.2. The minimum atomic E-state index is 0.205. The van der Waals surface area contributed by atoms with Gasteiger partial charge in [0, 0.05) is 24.8 Å². The van der Waals surface area contributed by atoms with Crippen LogP contribution in [0.1, 0.15) is 43.1 Å². The summed E-state index contributed by atoms with van der Waals surface area (Å²) in [6.07, 6.45) is 4.83. The maximum atomic E-state index is 5.93. The fourth-order valence-corrected chi connectivity index (χ4v) is 4.46. The molecule has 3 N–H and O–H groups in total. The van der Waals surface area contributed by atoms with E-state index in [0.29, 0.717) is 23.6 Å². The lowest BCUT2D eigenvalue weighted by Gasteiger charge is -2.17. The Balaban J connectivity index is 1.32. The highest BCUT2D eigenvalue weighted by Gasteiger charge is 2.32. The van der Waals surface area contributed by atoms with Crippen molar-refractivity contribution in [3.63, 3.8) is 0 Å². The number of hydrogen-bond acceptors (Lipinski definition) is 9. The largest absolute Gasteiger partial charge is 0.368 e. The number of thioether (sulfide) groups is 1. The summed E-state index contributed by atoms with van der Waals surface area (Å²) in [7, 11) is 0. The zero-order valence-corrected chi connectivity index (χ0v) is 17.8. The Morgan fingerprint density at radius 3 is 2.57 bits per heavy atom. The first-order valence-electron chi connectivity index (χ1n) is 10.3. The molecule has 0 amide bonds. The topological polar surface area (TPSA) is 111 Å². The quantitative estimate of drug-likeness (QED) is 0.553. The molecule has 0 atom stereocenters. The fourth-order valence-electron chi connectivity index (χ4n) is 3.61. The lowest BCUT2D eigenvalue weighted by molar-refractivity contribution is 0.651. The van der Waals surface area contributed by atoms with E-state index in [-0.39, 0.29) is 5.95 Å². The predicted molar refractivity (Wildman–Crippen MR) is 118 cm³/mol. The van der Waals surface area contributed by atoms with Crippen molar-refractivity contribution in [1.29, 1.82) is 0 Å². The van der Waals surface area contributed by atoms with E-state index in [1.165, 1.54) is 31.2 Å². The molecule has 10 heteroatoms. The fraction of sp³-hybridized carbons (Fsp3) is 0.450. The molecule has 9 nitrogen and oxygen atoms in total. The van der Waals surface area contributed by atoms with Crippen molar-refractivity contribution >= 4 is 35.3 Å². The van der Waals surface area contributed by atoms with Crippen molar-refractivity contribution in [2.45, 2.75) is 49.6 Å². The van der Waals surface area contributed by atoms with E-state index in [0.717, 1.165) is 29.9 Å². The zero-order chi connectivity index (χ0) is 20.5. The minimum Gasteiger partial charge on any atom is -0.368 e. The lowest BCUT2D eigenvalue weighted by Crippen LogP contribution is -2.22. The predicted octanol–water partition coefficient (Wildman–Crippen LogP) is 3.32. The molecule has 0 spiro atoms. The van der Waals surface area contributed by atoms with Crippen LogP contribution in [0, 0.1) is 6.92 Å². The van der Waals surface area contributed by atoms with Crippen molar-refractivity contribution in [2.24, 2.45) is 0 Å². The second kappa shape index (κ2) is 8.10. The number of benzene rings is 1. The Labute approximate surface area is 179 Å². The van der Waals surface area contributed by atoms with E-state index in [1.807, 2.05) is 24.3 Å². The van der Waals surface area contributed by atoms with Gasteiger partial charge in [0.25, 0.3) is 0 Å². The Hall–Kier alpha value is -2.88. The molecule has 30 heavy (non-hydrogen) atoms. The van der Waals surface area contributed by atoms with Crippen LogP contribution in [0.2, 0.25) is 0 Å². The maximum Gasteiger partial charge on any atom is 0.232 e. The van der Waals surface area contributed by atoms with Gasteiger partial charge in [-0.05, 0) is 44.7 Å². The molecular formula is C20H25N9S. The molecule has 1 aromatic carbocycles. The first-order valence-corrected chi connectivity index (χ1v) is 11.3. The van der Waals surface area contributed by atoms with E-state index in [9.17, 15) is 0 Å². The minimum absolute atomic E-state index is 0.205. The smallest absolute Gasteiger partial charge is 0.232 e. The van der Waals surface area contributed by atoms with Crippen LogP contribution in [0.3, 0.4) is 0 Å². The van der Waals surface area contributed by atoms with Gasteiger partial charge in [0.05, 0.1) is 5.75 Å². The number of rotatable bonds is 7. The standard InChI is InChI=1S/C20H25N9S/c1-13-4-6-14(7-5-13)22-18-24-16(23-17(21)25-18)12-30-20-27-26-19(28-10-2-3-11-28)29(20)15-8-9-15/h4-7,15H,2-3,8-12H2,1H3,(H3,21,22,23,24,25). The average molecular weight is 424 g/mol. The van der Waals surface area contributed by atoms with Crippen LogP contribution in [0.4, 0.5) is 23.5 Å². The van der Waals surface area contributed by atoms with E-state index in [4.69, 9.17) is 5.73 Å². The molecule has 1 saturated heterocycles. The van der Waals surface area contributed by atoms with E-state index >= 15 is 0 Å². The first kappa shape index (κ1) is 19.1. The number of anilines is 4. The molecule has 1 saturated carbocycles.